The van der Waals surface area contributed by atoms with Gasteiger partial charge in [-0.05, 0) is 38.5 Å². The molecule has 8 heteroatoms. The van der Waals surface area contributed by atoms with E-state index in [9.17, 15) is 19.5 Å². The average molecular weight is 505 g/mol. The number of carbonyl (C=O) groups excluding carboxylic acids is 3. The molecular weight excluding hydrogens is 464 g/mol. The molecule has 3 aliphatic heterocycles. The van der Waals surface area contributed by atoms with Gasteiger partial charge < -0.3 is 19.6 Å². The summed E-state index contributed by atoms with van der Waals surface area (Å²) >= 11 is 1.65. The first-order chi connectivity index (χ1) is 16.9. The summed E-state index contributed by atoms with van der Waals surface area (Å²) < 4.78 is 4.89. The molecule has 0 aromatic rings. The third kappa shape index (κ3) is 4.45. The molecule has 1 spiro atoms. The zero-order valence-electron chi connectivity index (χ0n) is 20.9. The SMILES string of the molecule is C=CCCOC(=O)[C@@H]1[C@H]2C(=O)N([C@@H](CC)CO)C(C(=O)N(CC=C)C3CCCCC3)C23CC[C@H]1S3. The molecule has 3 saturated heterocycles. The highest BCUT2D eigenvalue weighted by atomic mass is 32.2. The lowest BCUT2D eigenvalue weighted by atomic mass is 9.71. The van der Waals surface area contributed by atoms with Crippen molar-refractivity contribution in [1.29, 1.82) is 0 Å². The molecule has 0 radical (unpaired) electrons. The minimum absolute atomic E-state index is 0.0191. The van der Waals surface area contributed by atoms with Crippen LogP contribution >= 0.6 is 11.8 Å². The number of hydrogen-bond acceptors (Lipinski definition) is 6. The van der Waals surface area contributed by atoms with Gasteiger partial charge in [0, 0.05) is 17.8 Å². The highest BCUT2D eigenvalue weighted by molar-refractivity contribution is 8.02. The van der Waals surface area contributed by atoms with Crippen LogP contribution in [0.1, 0.15) is 64.7 Å². The number of hydrogen-bond donors (Lipinski definition) is 1. The summed E-state index contributed by atoms with van der Waals surface area (Å²) in [5.41, 5.74) is 0. The minimum Gasteiger partial charge on any atom is -0.465 e. The summed E-state index contributed by atoms with van der Waals surface area (Å²) in [6, 6.07) is -0.996. The van der Waals surface area contributed by atoms with Crippen LogP contribution < -0.4 is 0 Å². The summed E-state index contributed by atoms with van der Waals surface area (Å²) in [5.74, 6) is -1.70. The van der Waals surface area contributed by atoms with E-state index in [0.29, 0.717) is 19.4 Å². The van der Waals surface area contributed by atoms with Crippen LogP contribution in [0.15, 0.2) is 25.3 Å². The van der Waals surface area contributed by atoms with Gasteiger partial charge >= 0.3 is 5.97 Å². The van der Waals surface area contributed by atoms with E-state index in [1.165, 1.54) is 6.42 Å². The Morgan fingerprint density at radius 2 is 2.00 bits per heavy atom. The van der Waals surface area contributed by atoms with Crippen LogP contribution in [0.25, 0.3) is 0 Å². The standard InChI is InChI=1S/C27H40N2O5S/c1-4-7-16-34-26(33)21-20-13-14-27(35-20)22(21)24(31)29(18(6-3)17-30)23(27)25(32)28(15-5-2)19-11-9-8-10-12-19/h4-5,18-23,30H,1-2,6-17H2,3H3/t18-,20+,21-,22-,23?,27?/m0/s1. The van der Waals surface area contributed by atoms with E-state index in [4.69, 9.17) is 4.74 Å². The Hall–Kier alpha value is -1.80. The normalized spacial score (nSPS) is 32.9. The van der Waals surface area contributed by atoms with Gasteiger partial charge in [-0.15, -0.1) is 24.9 Å². The zero-order chi connectivity index (χ0) is 25.2. The number of likely N-dealkylation sites (tertiary alicyclic amines) is 1. The average Bonchev–Trinajstić information content (AvgIpc) is 3.51. The quantitative estimate of drug-likeness (QED) is 0.264. The van der Waals surface area contributed by atoms with Gasteiger partial charge in [0.2, 0.25) is 11.8 Å². The van der Waals surface area contributed by atoms with Crippen molar-refractivity contribution >= 4 is 29.5 Å². The van der Waals surface area contributed by atoms with Gasteiger partial charge in [-0.1, -0.05) is 38.3 Å². The van der Waals surface area contributed by atoms with Gasteiger partial charge in [0.05, 0.1) is 35.8 Å². The van der Waals surface area contributed by atoms with E-state index < -0.39 is 28.7 Å². The second-order valence-corrected chi connectivity index (χ2v) is 12.0. The first kappa shape index (κ1) is 26.3. The van der Waals surface area contributed by atoms with Crippen molar-refractivity contribution in [3.63, 3.8) is 0 Å². The molecule has 4 aliphatic rings. The number of fused-ring (bicyclic) bond motifs is 1. The molecule has 1 N–H and O–H groups in total. The summed E-state index contributed by atoms with van der Waals surface area (Å²) in [5, 5.41) is 10.2. The first-order valence-corrected chi connectivity index (χ1v) is 14.1. The second kappa shape index (κ2) is 11.1. The minimum atomic E-state index is -0.681. The Morgan fingerprint density at radius 3 is 2.63 bits per heavy atom. The van der Waals surface area contributed by atoms with E-state index in [0.717, 1.165) is 38.5 Å². The number of carbonyl (C=O) groups is 3. The highest BCUT2D eigenvalue weighted by Crippen LogP contribution is 2.67. The maximum absolute atomic E-state index is 14.4. The molecule has 194 valence electrons. The molecule has 4 rings (SSSR count). The van der Waals surface area contributed by atoms with Crippen molar-refractivity contribution in [2.75, 3.05) is 19.8 Å². The van der Waals surface area contributed by atoms with Crippen molar-refractivity contribution in [1.82, 2.24) is 9.80 Å². The van der Waals surface area contributed by atoms with Gasteiger partial charge in [0.25, 0.3) is 0 Å². The Kier molecular flexibility index (Phi) is 8.31. The Balaban J connectivity index is 1.71. The number of ether oxygens (including phenoxy) is 1. The lowest BCUT2D eigenvalue weighted by molar-refractivity contribution is -0.154. The number of aliphatic hydroxyl groups excluding tert-OH is 1. The molecule has 4 fully saturated rings. The van der Waals surface area contributed by atoms with Crippen LogP contribution in [0.2, 0.25) is 0 Å². The summed E-state index contributed by atoms with van der Waals surface area (Å²) in [6.07, 6.45) is 11.4. The number of amides is 2. The van der Waals surface area contributed by atoms with E-state index in [-0.39, 0.29) is 42.3 Å². The van der Waals surface area contributed by atoms with Crippen molar-refractivity contribution in [2.24, 2.45) is 11.8 Å². The Morgan fingerprint density at radius 1 is 1.26 bits per heavy atom. The fourth-order valence-electron chi connectivity index (χ4n) is 6.89. The van der Waals surface area contributed by atoms with Gasteiger partial charge in [0.15, 0.2) is 0 Å². The molecule has 35 heavy (non-hydrogen) atoms. The fourth-order valence-corrected chi connectivity index (χ4v) is 9.08. The largest absolute Gasteiger partial charge is 0.465 e. The number of nitrogens with zero attached hydrogens (tertiary/aromatic N) is 2. The Labute approximate surface area is 213 Å². The lowest BCUT2D eigenvalue weighted by Gasteiger charge is -2.42. The molecule has 6 atom stereocenters. The highest BCUT2D eigenvalue weighted by Gasteiger charge is 2.74. The number of esters is 1. The van der Waals surface area contributed by atoms with Gasteiger partial charge in [-0.2, -0.15) is 0 Å². The number of thioether (sulfide) groups is 1. The molecule has 7 nitrogen and oxygen atoms in total. The number of rotatable bonds is 11. The zero-order valence-corrected chi connectivity index (χ0v) is 21.7. The maximum atomic E-state index is 14.4. The summed E-state index contributed by atoms with van der Waals surface area (Å²) in [6.45, 7) is 9.99. The van der Waals surface area contributed by atoms with E-state index in [1.807, 2.05) is 11.8 Å². The van der Waals surface area contributed by atoms with Crippen LogP contribution in [0.3, 0.4) is 0 Å². The molecular formula is C27H40N2O5S. The Bertz CT molecular complexity index is 839. The van der Waals surface area contributed by atoms with Crippen molar-refractivity contribution in [3.05, 3.63) is 25.3 Å². The molecule has 1 aliphatic carbocycles. The molecule has 3 heterocycles. The molecule has 2 amide bonds. The van der Waals surface area contributed by atoms with Crippen molar-refractivity contribution in [3.8, 4) is 0 Å². The van der Waals surface area contributed by atoms with E-state index >= 15 is 0 Å². The third-order valence-corrected chi connectivity index (χ3v) is 10.5. The van der Waals surface area contributed by atoms with Gasteiger partial charge in [-0.3, -0.25) is 14.4 Å². The van der Waals surface area contributed by atoms with Crippen LogP contribution in [0.4, 0.5) is 0 Å². The van der Waals surface area contributed by atoms with E-state index in [1.54, 1.807) is 28.8 Å². The van der Waals surface area contributed by atoms with Crippen LogP contribution in [0, 0.1) is 11.8 Å². The molecule has 0 aromatic heterocycles. The maximum Gasteiger partial charge on any atom is 0.310 e. The van der Waals surface area contributed by atoms with Crippen LogP contribution in [0.5, 0.6) is 0 Å². The fraction of sp³-hybridized carbons (Fsp3) is 0.741. The second-order valence-electron chi connectivity index (χ2n) is 10.4. The third-order valence-electron chi connectivity index (χ3n) is 8.51. The number of aliphatic hydroxyl groups is 1. The first-order valence-electron chi connectivity index (χ1n) is 13.2. The van der Waals surface area contributed by atoms with Crippen LogP contribution in [-0.4, -0.2) is 80.6 Å². The predicted molar refractivity (Wildman–Crippen MR) is 137 cm³/mol. The molecule has 2 unspecified atom stereocenters. The monoisotopic (exact) mass is 504 g/mol. The van der Waals surface area contributed by atoms with Gasteiger partial charge in [0.1, 0.15) is 6.04 Å². The van der Waals surface area contributed by atoms with E-state index in [2.05, 4.69) is 13.2 Å². The van der Waals surface area contributed by atoms with Crippen molar-refractivity contribution < 1.29 is 24.2 Å². The smallest absolute Gasteiger partial charge is 0.310 e. The topological polar surface area (TPSA) is 87.1 Å². The molecule has 2 bridgehead atoms. The summed E-state index contributed by atoms with van der Waals surface area (Å²) in [7, 11) is 0. The van der Waals surface area contributed by atoms with Crippen LogP contribution in [-0.2, 0) is 19.1 Å². The van der Waals surface area contributed by atoms with Crippen molar-refractivity contribution in [2.45, 2.75) is 92.8 Å². The van der Waals surface area contributed by atoms with Gasteiger partial charge in [-0.25, -0.2) is 0 Å². The molecule has 0 aromatic carbocycles. The lowest BCUT2D eigenvalue weighted by Crippen LogP contribution is -2.59. The summed E-state index contributed by atoms with van der Waals surface area (Å²) in [4.78, 5) is 45.2. The predicted octanol–water partition coefficient (Wildman–Crippen LogP) is 3.32. The molecule has 1 saturated carbocycles.